The predicted octanol–water partition coefficient (Wildman–Crippen LogP) is 1.17. The molecule has 0 radical (unpaired) electrons. The quantitative estimate of drug-likeness (QED) is 0.716. The van der Waals surface area contributed by atoms with Crippen LogP contribution in [0.15, 0.2) is 10.6 Å². The van der Waals surface area contributed by atoms with E-state index in [4.69, 9.17) is 4.52 Å². The Morgan fingerprint density at radius 1 is 1.33 bits per heavy atom. The maximum Gasteiger partial charge on any atom is 0.151 e. The van der Waals surface area contributed by atoms with Gasteiger partial charge in [-0.2, -0.15) is 0 Å². The Bertz CT molecular complexity index is 325. The van der Waals surface area contributed by atoms with Crippen LogP contribution in [0.5, 0.6) is 0 Å². The second-order valence-electron chi connectivity index (χ2n) is 4.84. The van der Waals surface area contributed by atoms with Gasteiger partial charge in [0.15, 0.2) is 5.76 Å². The first-order chi connectivity index (χ1) is 8.65. The van der Waals surface area contributed by atoms with Gasteiger partial charge in [-0.1, -0.05) is 12.1 Å². The van der Waals surface area contributed by atoms with E-state index in [-0.39, 0.29) is 0 Å². The van der Waals surface area contributed by atoms with Crippen LogP contribution in [0, 0.1) is 0 Å². The number of aromatic nitrogens is 1. The summed E-state index contributed by atoms with van der Waals surface area (Å²) in [6, 6.07) is 2.03. The fraction of sp³-hybridized carbons (Fsp3) is 0.769. The average Bonchev–Trinajstić information content (AvgIpc) is 2.75. The summed E-state index contributed by atoms with van der Waals surface area (Å²) >= 11 is 0. The highest BCUT2D eigenvalue weighted by Crippen LogP contribution is 2.07. The Hall–Kier alpha value is -0.910. The lowest BCUT2D eigenvalue weighted by molar-refractivity contribution is 0.228. The Morgan fingerprint density at radius 3 is 2.72 bits per heavy atom. The number of rotatable bonds is 9. The third kappa shape index (κ3) is 5.62. The van der Waals surface area contributed by atoms with Crippen molar-refractivity contribution in [3.8, 4) is 0 Å². The summed E-state index contributed by atoms with van der Waals surface area (Å²) in [4.78, 5) is 4.60. The molecule has 5 heteroatoms. The van der Waals surface area contributed by atoms with E-state index in [0.717, 1.165) is 44.2 Å². The van der Waals surface area contributed by atoms with Gasteiger partial charge in [-0.05, 0) is 47.2 Å². The van der Waals surface area contributed by atoms with Crippen molar-refractivity contribution in [2.45, 2.75) is 26.4 Å². The van der Waals surface area contributed by atoms with E-state index in [1.807, 2.05) is 13.1 Å². The van der Waals surface area contributed by atoms with Gasteiger partial charge in [-0.25, -0.2) is 0 Å². The SMILES string of the molecule is CCN(CCCN(C)C)Cc1cc(CNC)no1. The van der Waals surface area contributed by atoms with Crippen LogP contribution in [0.2, 0.25) is 0 Å². The van der Waals surface area contributed by atoms with Gasteiger partial charge in [-0.3, -0.25) is 4.90 Å². The van der Waals surface area contributed by atoms with Crippen molar-refractivity contribution in [2.75, 3.05) is 40.8 Å². The Labute approximate surface area is 110 Å². The van der Waals surface area contributed by atoms with Gasteiger partial charge in [0.2, 0.25) is 0 Å². The molecular weight excluding hydrogens is 228 g/mol. The van der Waals surface area contributed by atoms with Crippen molar-refractivity contribution in [2.24, 2.45) is 0 Å². The van der Waals surface area contributed by atoms with Crippen molar-refractivity contribution in [1.29, 1.82) is 0 Å². The summed E-state index contributed by atoms with van der Waals surface area (Å²) in [5, 5.41) is 7.10. The topological polar surface area (TPSA) is 44.5 Å². The molecule has 104 valence electrons. The molecule has 0 amide bonds. The van der Waals surface area contributed by atoms with Crippen LogP contribution >= 0.6 is 0 Å². The van der Waals surface area contributed by atoms with E-state index < -0.39 is 0 Å². The highest BCUT2D eigenvalue weighted by atomic mass is 16.5. The third-order valence-corrected chi connectivity index (χ3v) is 2.87. The lowest BCUT2D eigenvalue weighted by Crippen LogP contribution is -2.26. The van der Waals surface area contributed by atoms with E-state index in [1.54, 1.807) is 0 Å². The van der Waals surface area contributed by atoms with Crippen molar-refractivity contribution >= 4 is 0 Å². The summed E-state index contributed by atoms with van der Waals surface area (Å²) in [6.07, 6.45) is 1.18. The van der Waals surface area contributed by atoms with Gasteiger partial charge in [0.05, 0.1) is 12.2 Å². The molecule has 0 bridgehead atoms. The first-order valence-electron chi connectivity index (χ1n) is 6.61. The Balaban J connectivity index is 2.36. The maximum atomic E-state index is 5.33. The van der Waals surface area contributed by atoms with Gasteiger partial charge < -0.3 is 14.7 Å². The molecule has 0 unspecified atom stereocenters. The third-order valence-electron chi connectivity index (χ3n) is 2.87. The molecule has 5 nitrogen and oxygen atoms in total. The molecule has 0 aromatic carbocycles. The molecule has 0 atom stereocenters. The smallest absolute Gasteiger partial charge is 0.151 e. The molecular formula is C13H26N4O. The second-order valence-corrected chi connectivity index (χ2v) is 4.84. The fourth-order valence-corrected chi connectivity index (χ4v) is 1.87. The summed E-state index contributed by atoms with van der Waals surface area (Å²) in [6.45, 7) is 7.04. The number of hydrogen-bond donors (Lipinski definition) is 1. The number of hydrogen-bond acceptors (Lipinski definition) is 5. The zero-order chi connectivity index (χ0) is 13.4. The van der Waals surface area contributed by atoms with Crippen LogP contribution in [-0.2, 0) is 13.1 Å². The van der Waals surface area contributed by atoms with Gasteiger partial charge in [0.1, 0.15) is 0 Å². The number of nitrogens with one attached hydrogen (secondary N) is 1. The fourth-order valence-electron chi connectivity index (χ4n) is 1.87. The maximum absolute atomic E-state index is 5.33. The molecule has 0 saturated carbocycles. The molecule has 0 saturated heterocycles. The summed E-state index contributed by atoms with van der Waals surface area (Å²) in [5.74, 6) is 0.951. The molecule has 0 aliphatic carbocycles. The van der Waals surface area contributed by atoms with Crippen LogP contribution in [0.1, 0.15) is 24.8 Å². The standard InChI is InChI=1S/C13H26N4O/c1-5-17(8-6-7-16(3)4)11-13-9-12(10-14-2)15-18-13/h9,14H,5-8,10-11H2,1-4H3. The normalized spacial score (nSPS) is 11.7. The highest BCUT2D eigenvalue weighted by molar-refractivity contribution is 5.04. The van der Waals surface area contributed by atoms with E-state index in [0.29, 0.717) is 0 Å². The predicted molar refractivity (Wildman–Crippen MR) is 73.4 cm³/mol. The lowest BCUT2D eigenvalue weighted by Gasteiger charge is -2.19. The Kier molecular flexibility index (Phi) is 6.93. The molecule has 1 N–H and O–H groups in total. The van der Waals surface area contributed by atoms with Crippen LogP contribution < -0.4 is 5.32 Å². The largest absolute Gasteiger partial charge is 0.360 e. The van der Waals surface area contributed by atoms with Gasteiger partial charge in [0.25, 0.3) is 0 Å². The molecule has 18 heavy (non-hydrogen) atoms. The number of nitrogens with zero attached hydrogens (tertiary/aromatic N) is 3. The van der Waals surface area contributed by atoms with Crippen molar-refractivity contribution < 1.29 is 4.52 Å². The van der Waals surface area contributed by atoms with Crippen LogP contribution in [0.25, 0.3) is 0 Å². The minimum atomic E-state index is 0.760. The van der Waals surface area contributed by atoms with Crippen molar-refractivity contribution in [1.82, 2.24) is 20.3 Å². The highest BCUT2D eigenvalue weighted by Gasteiger charge is 2.08. The Morgan fingerprint density at radius 2 is 2.11 bits per heavy atom. The summed E-state index contributed by atoms with van der Waals surface area (Å²) in [5.41, 5.74) is 0.969. The monoisotopic (exact) mass is 254 g/mol. The van der Waals surface area contributed by atoms with Crippen molar-refractivity contribution in [3.63, 3.8) is 0 Å². The molecule has 0 aliphatic heterocycles. The first kappa shape index (κ1) is 15.1. The zero-order valence-corrected chi connectivity index (χ0v) is 12.1. The molecule has 0 spiro atoms. The van der Waals surface area contributed by atoms with E-state index >= 15 is 0 Å². The van der Waals surface area contributed by atoms with E-state index in [2.05, 4.69) is 41.3 Å². The average molecular weight is 254 g/mol. The van der Waals surface area contributed by atoms with E-state index in [9.17, 15) is 0 Å². The molecule has 1 rings (SSSR count). The zero-order valence-electron chi connectivity index (χ0n) is 12.1. The molecule has 1 aromatic rings. The minimum absolute atomic E-state index is 0.760. The van der Waals surface area contributed by atoms with Gasteiger partial charge in [-0.15, -0.1) is 0 Å². The second kappa shape index (κ2) is 8.24. The van der Waals surface area contributed by atoms with Crippen LogP contribution in [0.4, 0.5) is 0 Å². The van der Waals surface area contributed by atoms with Crippen LogP contribution in [0.3, 0.4) is 0 Å². The lowest BCUT2D eigenvalue weighted by atomic mass is 10.3. The minimum Gasteiger partial charge on any atom is -0.360 e. The van der Waals surface area contributed by atoms with E-state index in [1.165, 1.54) is 6.42 Å². The molecule has 1 aromatic heterocycles. The van der Waals surface area contributed by atoms with Gasteiger partial charge in [0, 0.05) is 12.6 Å². The molecule has 1 heterocycles. The van der Waals surface area contributed by atoms with Gasteiger partial charge >= 0.3 is 0 Å². The van der Waals surface area contributed by atoms with Crippen molar-refractivity contribution in [3.05, 3.63) is 17.5 Å². The van der Waals surface area contributed by atoms with Crippen LogP contribution in [-0.4, -0.2) is 55.7 Å². The first-order valence-corrected chi connectivity index (χ1v) is 6.61. The molecule has 0 aliphatic rings. The summed E-state index contributed by atoms with van der Waals surface area (Å²) in [7, 11) is 6.13. The molecule has 0 fully saturated rings. The summed E-state index contributed by atoms with van der Waals surface area (Å²) < 4.78 is 5.33.